The monoisotopic (exact) mass is 428 g/mol. The molecule has 0 saturated carbocycles. The van der Waals surface area contributed by atoms with Gasteiger partial charge in [-0.2, -0.15) is 0 Å². The Labute approximate surface area is 187 Å². The highest BCUT2D eigenvalue weighted by molar-refractivity contribution is 6.12. The molecule has 0 radical (unpaired) electrons. The van der Waals surface area contributed by atoms with Crippen LogP contribution in [0.3, 0.4) is 0 Å². The second-order valence-electron chi connectivity index (χ2n) is 7.90. The van der Waals surface area contributed by atoms with Crippen LogP contribution in [0.2, 0.25) is 0 Å². The van der Waals surface area contributed by atoms with Crippen LogP contribution in [-0.4, -0.2) is 15.6 Å². The Kier molecular flexibility index (Phi) is 6.19. The molecule has 3 aromatic carbocycles. The Morgan fingerprint density at radius 1 is 0.906 bits per heavy atom. The van der Waals surface area contributed by atoms with Gasteiger partial charge in [0.1, 0.15) is 12.5 Å². The molecule has 0 aliphatic rings. The van der Waals surface area contributed by atoms with Crippen molar-refractivity contribution in [2.24, 2.45) is 0 Å². The fourth-order valence-electron chi connectivity index (χ4n) is 4.12. The Bertz CT molecular complexity index is 1210. The molecule has 0 saturated heterocycles. The Morgan fingerprint density at radius 3 is 2.06 bits per heavy atom. The number of carbonyl (C=O) groups excluding carboxylic acids is 1. The fraction of sp³-hybridized carbons (Fsp3) is 0.148. The van der Waals surface area contributed by atoms with E-state index in [1.165, 1.54) is 12.1 Å². The number of para-hydroxylation sites is 1. The maximum atomic E-state index is 13.7. The van der Waals surface area contributed by atoms with Gasteiger partial charge in [-0.05, 0) is 53.4 Å². The number of hydrogen-bond donors (Lipinski definition) is 2. The number of aromatic nitrogens is 1. The van der Waals surface area contributed by atoms with Crippen molar-refractivity contribution in [3.63, 3.8) is 0 Å². The number of carbonyl (C=O) groups is 1. The average Bonchev–Trinajstić information content (AvgIpc) is 3.16. The van der Waals surface area contributed by atoms with Gasteiger partial charge in [-0.25, -0.2) is 4.39 Å². The van der Waals surface area contributed by atoms with Crippen LogP contribution in [-0.2, 0) is 6.73 Å². The van der Waals surface area contributed by atoms with Crippen LogP contribution in [0, 0.1) is 5.82 Å². The molecule has 4 aromatic rings. The minimum Gasteiger partial charge on any atom is -0.376 e. The largest absolute Gasteiger partial charge is 0.376 e. The number of halogens is 1. The van der Waals surface area contributed by atoms with Crippen molar-refractivity contribution >= 4 is 11.6 Å². The molecule has 0 unspecified atom stereocenters. The maximum Gasteiger partial charge on any atom is 0.258 e. The first-order valence-corrected chi connectivity index (χ1v) is 10.6. The van der Waals surface area contributed by atoms with Crippen molar-refractivity contribution in [1.82, 2.24) is 4.57 Å². The summed E-state index contributed by atoms with van der Waals surface area (Å²) >= 11 is 0. The predicted octanol–water partition coefficient (Wildman–Crippen LogP) is 6.29. The summed E-state index contributed by atoms with van der Waals surface area (Å²) in [5, 5.41) is 13.4. The van der Waals surface area contributed by atoms with E-state index in [9.17, 15) is 14.3 Å². The highest BCUT2D eigenvalue weighted by Gasteiger charge is 2.30. The number of nitrogens with one attached hydrogen (secondary N) is 1. The minimum atomic E-state index is -0.344. The SMILES string of the molecule is CC(C)c1c(C(=O)Nc2ccccc2)c(-c2ccccc2)c(-c2ccc(F)cc2)n1CO. The van der Waals surface area contributed by atoms with E-state index in [0.29, 0.717) is 22.5 Å². The summed E-state index contributed by atoms with van der Waals surface area (Å²) in [7, 11) is 0. The number of anilines is 1. The van der Waals surface area contributed by atoms with Gasteiger partial charge in [0.15, 0.2) is 0 Å². The molecule has 0 atom stereocenters. The zero-order valence-electron chi connectivity index (χ0n) is 18.0. The molecule has 162 valence electrons. The Hall–Kier alpha value is -3.70. The number of aliphatic hydroxyl groups excluding tert-OH is 1. The zero-order chi connectivity index (χ0) is 22.7. The summed E-state index contributed by atoms with van der Waals surface area (Å²) in [6, 6.07) is 25.0. The van der Waals surface area contributed by atoms with Crippen molar-refractivity contribution < 1.29 is 14.3 Å². The second-order valence-corrected chi connectivity index (χ2v) is 7.90. The minimum absolute atomic E-state index is 0.0460. The summed E-state index contributed by atoms with van der Waals surface area (Å²) in [5.41, 5.74) is 4.87. The van der Waals surface area contributed by atoms with Crippen molar-refractivity contribution in [1.29, 1.82) is 0 Å². The molecule has 1 aromatic heterocycles. The molecule has 1 amide bonds. The van der Waals surface area contributed by atoms with Crippen molar-refractivity contribution in [2.45, 2.75) is 26.5 Å². The third-order valence-electron chi connectivity index (χ3n) is 5.43. The molecular formula is C27H25FN2O2. The molecule has 2 N–H and O–H groups in total. The number of benzene rings is 3. The first-order chi connectivity index (χ1) is 15.5. The fourth-order valence-corrected chi connectivity index (χ4v) is 4.12. The summed E-state index contributed by atoms with van der Waals surface area (Å²) in [5.74, 6) is -0.645. The molecule has 5 heteroatoms. The Balaban J connectivity index is 2.02. The highest BCUT2D eigenvalue weighted by atomic mass is 19.1. The van der Waals surface area contributed by atoms with Gasteiger partial charge in [-0.15, -0.1) is 0 Å². The molecule has 4 rings (SSSR count). The smallest absolute Gasteiger partial charge is 0.258 e. The van der Waals surface area contributed by atoms with Crippen LogP contribution in [0.4, 0.5) is 10.1 Å². The van der Waals surface area contributed by atoms with Gasteiger partial charge in [-0.1, -0.05) is 62.4 Å². The summed E-state index contributed by atoms with van der Waals surface area (Å²) < 4.78 is 15.4. The van der Waals surface area contributed by atoms with Crippen molar-refractivity contribution in [3.05, 3.63) is 102 Å². The van der Waals surface area contributed by atoms with Gasteiger partial charge in [0.2, 0.25) is 0 Å². The normalized spacial score (nSPS) is 11.0. The van der Waals surface area contributed by atoms with Gasteiger partial charge in [0.05, 0.1) is 11.3 Å². The molecule has 4 nitrogen and oxygen atoms in total. The van der Waals surface area contributed by atoms with Crippen LogP contribution >= 0.6 is 0 Å². The van der Waals surface area contributed by atoms with E-state index in [4.69, 9.17) is 0 Å². The van der Waals surface area contributed by atoms with E-state index < -0.39 is 0 Å². The average molecular weight is 429 g/mol. The predicted molar refractivity (Wildman–Crippen MR) is 126 cm³/mol. The van der Waals surface area contributed by atoms with Gasteiger partial charge < -0.3 is 15.0 Å². The lowest BCUT2D eigenvalue weighted by atomic mass is 9.94. The molecule has 0 fully saturated rings. The first kappa shape index (κ1) is 21.5. The molecule has 0 spiro atoms. The molecule has 32 heavy (non-hydrogen) atoms. The van der Waals surface area contributed by atoms with E-state index in [0.717, 1.165) is 16.8 Å². The molecule has 0 aliphatic heterocycles. The summed E-state index contributed by atoms with van der Waals surface area (Å²) in [6.07, 6.45) is 0. The Morgan fingerprint density at radius 2 is 1.50 bits per heavy atom. The summed E-state index contributed by atoms with van der Waals surface area (Å²) in [4.78, 5) is 13.6. The van der Waals surface area contributed by atoms with Crippen LogP contribution < -0.4 is 5.32 Å². The van der Waals surface area contributed by atoms with Crippen LogP contribution in [0.1, 0.15) is 35.8 Å². The standard InChI is InChI=1S/C27H25FN2O2/c1-18(2)25-24(27(32)29-22-11-7-4-8-12-22)23(19-9-5-3-6-10-19)26(30(25)17-31)20-13-15-21(28)16-14-20/h3-16,18,31H,17H2,1-2H3,(H,29,32). The molecule has 1 heterocycles. The molecule has 0 aliphatic carbocycles. The van der Waals surface area contributed by atoms with Gasteiger partial charge >= 0.3 is 0 Å². The summed E-state index contributed by atoms with van der Waals surface area (Å²) in [6.45, 7) is 3.67. The second kappa shape index (κ2) is 9.20. The van der Waals surface area contributed by atoms with Crippen molar-refractivity contribution in [2.75, 3.05) is 5.32 Å². The van der Waals surface area contributed by atoms with E-state index in [2.05, 4.69) is 5.32 Å². The lowest BCUT2D eigenvalue weighted by Crippen LogP contribution is -2.16. The maximum absolute atomic E-state index is 13.7. The van der Waals surface area contributed by atoms with E-state index >= 15 is 0 Å². The molecule has 0 bridgehead atoms. The highest BCUT2D eigenvalue weighted by Crippen LogP contribution is 2.42. The van der Waals surface area contributed by atoms with Gasteiger partial charge in [-0.3, -0.25) is 4.79 Å². The van der Waals surface area contributed by atoms with E-state index in [1.54, 1.807) is 16.7 Å². The lowest BCUT2D eigenvalue weighted by molar-refractivity contribution is 0.102. The van der Waals surface area contributed by atoms with Crippen LogP contribution in [0.15, 0.2) is 84.9 Å². The lowest BCUT2D eigenvalue weighted by Gasteiger charge is -2.14. The number of nitrogens with zero attached hydrogens (tertiary/aromatic N) is 1. The molecular weight excluding hydrogens is 403 g/mol. The van der Waals surface area contributed by atoms with Crippen molar-refractivity contribution in [3.8, 4) is 22.4 Å². The third kappa shape index (κ3) is 4.07. The quantitative estimate of drug-likeness (QED) is 0.379. The topological polar surface area (TPSA) is 54.3 Å². The zero-order valence-corrected chi connectivity index (χ0v) is 18.0. The first-order valence-electron chi connectivity index (χ1n) is 10.6. The van der Waals surface area contributed by atoms with Crippen LogP contribution in [0.5, 0.6) is 0 Å². The van der Waals surface area contributed by atoms with Gasteiger partial charge in [0, 0.05) is 16.9 Å². The number of amides is 1. The van der Waals surface area contributed by atoms with Crippen LogP contribution in [0.25, 0.3) is 22.4 Å². The number of aliphatic hydroxyl groups is 1. The third-order valence-corrected chi connectivity index (χ3v) is 5.43. The van der Waals surface area contributed by atoms with E-state index in [1.807, 2.05) is 74.5 Å². The number of rotatable bonds is 6. The van der Waals surface area contributed by atoms with Gasteiger partial charge in [0.25, 0.3) is 5.91 Å². The van der Waals surface area contributed by atoms with E-state index in [-0.39, 0.29) is 24.4 Å². The number of hydrogen-bond acceptors (Lipinski definition) is 2.